The Morgan fingerprint density at radius 3 is 2.45 bits per heavy atom. The quantitative estimate of drug-likeness (QED) is 0.554. The van der Waals surface area contributed by atoms with E-state index in [9.17, 15) is 13.2 Å². The maximum atomic E-state index is 12.8. The van der Waals surface area contributed by atoms with Crippen LogP contribution < -0.4 is 4.90 Å². The van der Waals surface area contributed by atoms with E-state index in [1.54, 1.807) is 0 Å². The highest BCUT2D eigenvalue weighted by Crippen LogP contribution is 2.31. The van der Waals surface area contributed by atoms with Crippen LogP contribution in [0.1, 0.15) is 11.1 Å². The average molecular weight is 454 g/mol. The summed E-state index contributed by atoms with van der Waals surface area (Å²) < 4.78 is 45.8. The molecule has 1 saturated heterocycles. The van der Waals surface area contributed by atoms with Gasteiger partial charge in [0.05, 0.1) is 37.0 Å². The summed E-state index contributed by atoms with van der Waals surface area (Å²) >= 11 is 0. The number of fused-ring (bicyclic) bond motifs is 1. The Hall–Kier alpha value is -3.10. The molecule has 33 heavy (non-hydrogen) atoms. The molecule has 8 heteroatoms. The molecule has 1 aromatic heterocycles. The van der Waals surface area contributed by atoms with Gasteiger partial charge in [-0.05, 0) is 47.5 Å². The molecule has 0 unspecified atom stereocenters. The van der Waals surface area contributed by atoms with Crippen LogP contribution in [-0.2, 0) is 17.5 Å². The van der Waals surface area contributed by atoms with Crippen LogP contribution >= 0.6 is 0 Å². The molecule has 3 aromatic rings. The summed E-state index contributed by atoms with van der Waals surface area (Å²) in [5.41, 5.74) is 3.21. The van der Waals surface area contributed by atoms with Crippen molar-refractivity contribution in [2.45, 2.75) is 12.7 Å². The molecule has 0 atom stereocenters. The summed E-state index contributed by atoms with van der Waals surface area (Å²) in [6.07, 6.45) is 3.51. The third-order valence-electron chi connectivity index (χ3n) is 6.18. The highest BCUT2D eigenvalue weighted by Gasteiger charge is 2.30. The number of allylic oxidation sites excluding steroid dienone is 2. The monoisotopic (exact) mass is 454 g/mol. The van der Waals surface area contributed by atoms with Crippen LogP contribution in [0.2, 0.25) is 0 Å². The van der Waals surface area contributed by atoms with Crippen molar-refractivity contribution in [2.75, 3.05) is 44.3 Å². The number of aromatic nitrogens is 2. The molecule has 0 saturated carbocycles. The van der Waals surface area contributed by atoms with E-state index in [0.717, 1.165) is 79.3 Å². The molecule has 2 aliphatic heterocycles. The van der Waals surface area contributed by atoms with Crippen LogP contribution in [0.4, 0.5) is 18.9 Å². The third-order valence-corrected chi connectivity index (χ3v) is 6.18. The van der Waals surface area contributed by atoms with E-state index < -0.39 is 11.7 Å². The van der Waals surface area contributed by atoms with Gasteiger partial charge in [0.2, 0.25) is 0 Å². The fourth-order valence-corrected chi connectivity index (χ4v) is 4.25. The molecule has 172 valence electrons. The van der Waals surface area contributed by atoms with Crippen molar-refractivity contribution in [2.24, 2.45) is 0 Å². The molecule has 2 aliphatic rings. The summed E-state index contributed by atoms with van der Waals surface area (Å²) in [6, 6.07) is 11.6. The number of ether oxygens (including phenoxy) is 1. The van der Waals surface area contributed by atoms with Crippen LogP contribution in [-0.4, -0.2) is 54.1 Å². The topological polar surface area (TPSA) is 33.5 Å². The van der Waals surface area contributed by atoms with Gasteiger partial charge in [-0.15, -0.1) is 0 Å². The number of alkyl halides is 3. The molecule has 0 amide bonds. The van der Waals surface area contributed by atoms with Gasteiger partial charge in [0.25, 0.3) is 0 Å². The number of halogens is 3. The van der Waals surface area contributed by atoms with Gasteiger partial charge in [-0.25, -0.2) is 0 Å². The smallest absolute Gasteiger partial charge is 0.379 e. The molecule has 1 fully saturated rings. The van der Waals surface area contributed by atoms with Gasteiger partial charge in [0, 0.05) is 43.5 Å². The van der Waals surface area contributed by atoms with Gasteiger partial charge >= 0.3 is 6.18 Å². The number of benzene rings is 2. The summed E-state index contributed by atoms with van der Waals surface area (Å²) in [5, 5.41) is 5.66. The van der Waals surface area contributed by atoms with Gasteiger partial charge < -0.3 is 9.64 Å². The van der Waals surface area contributed by atoms with Crippen molar-refractivity contribution in [1.29, 1.82) is 0 Å². The SMILES string of the molecule is FC(F)(F)c1ccc(C2=CCN(c3ccc4c(cnn4CCN4CCOCC4)c3)C=C2)cc1. The molecule has 0 aliphatic carbocycles. The van der Waals surface area contributed by atoms with Gasteiger partial charge in [-0.2, -0.15) is 18.3 Å². The largest absolute Gasteiger partial charge is 0.416 e. The van der Waals surface area contributed by atoms with Crippen molar-refractivity contribution in [3.05, 3.63) is 78.1 Å². The zero-order valence-corrected chi connectivity index (χ0v) is 18.1. The summed E-state index contributed by atoms with van der Waals surface area (Å²) in [5.74, 6) is 0. The lowest BCUT2D eigenvalue weighted by atomic mass is 10.0. The van der Waals surface area contributed by atoms with E-state index >= 15 is 0 Å². The first kappa shape index (κ1) is 21.7. The molecular weight excluding hydrogens is 429 g/mol. The number of anilines is 1. The maximum Gasteiger partial charge on any atom is 0.416 e. The minimum absolute atomic E-state index is 0.632. The van der Waals surface area contributed by atoms with E-state index in [4.69, 9.17) is 4.74 Å². The van der Waals surface area contributed by atoms with E-state index in [-0.39, 0.29) is 0 Å². The van der Waals surface area contributed by atoms with Crippen molar-refractivity contribution in [1.82, 2.24) is 14.7 Å². The van der Waals surface area contributed by atoms with Crippen molar-refractivity contribution >= 4 is 22.2 Å². The summed E-state index contributed by atoms with van der Waals surface area (Å²) in [7, 11) is 0. The Bertz CT molecular complexity index is 1170. The Morgan fingerprint density at radius 1 is 0.970 bits per heavy atom. The number of hydrogen-bond donors (Lipinski definition) is 0. The first-order valence-corrected chi connectivity index (χ1v) is 11.1. The standard InChI is InChI=1S/C25H25F3N4O/c26-25(27,28)22-3-1-19(2-4-22)20-7-9-31(10-8-20)23-5-6-24-21(17-23)18-29-32(24)12-11-30-13-15-33-16-14-30/h1-9,17-18H,10-16H2. The fraction of sp³-hybridized carbons (Fsp3) is 0.320. The first-order valence-electron chi connectivity index (χ1n) is 11.1. The van der Waals surface area contributed by atoms with Crippen LogP contribution in [0.5, 0.6) is 0 Å². The lowest BCUT2D eigenvalue weighted by Crippen LogP contribution is -2.38. The second-order valence-corrected chi connectivity index (χ2v) is 8.27. The number of hydrogen-bond acceptors (Lipinski definition) is 4. The summed E-state index contributed by atoms with van der Waals surface area (Å²) in [6.45, 7) is 5.95. The Balaban J connectivity index is 1.25. The first-order chi connectivity index (χ1) is 16.0. The fourth-order valence-electron chi connectivity index (χ4n) is 4.25. The lowest BCUT2D eigenvalue weighted by Gasteiger charge is -2.26. The van der Waals surface area contributed by atoms with E-state index in [2.05, 4.69) is 33.1 Å². The molecule has 5 rings (SSSR count). The normalized spacial score (nSPS) is 17.5. The van der Waals surface area contributed by atoms with Crippen molar-refractivity contribution < 1.29 is 17.9 Å². The highest BCUT2D eigenvalue weighted by molar-refractivity contribution is 5.84. The molecule has 0 radical (unpaired) electrons. The number of nitrogens with zero attached hydrogens (tertiary/aromatic N) is 4. The van der Waals surface area contributed by atoms with Crippen LogP contribution in [0.25, 0.3) is 16.5 Å². The number of morpholine rings is 1. The zero-order chi connectivity index (χ0) is 22.8. The Morgan fingerprint density at radius 2 is 1.76 bits per heavy atom. The lowest BCUT2D eigenvalue weighted by molar-refractivity contribution is -0.137. The van der Waals surface area contributed by atoms with Gasteiger partial charge in [0.1, 0.15) is 0 Å². The predicted molar refractivity (Wildman–Crippen MR) is 123 cm³/mol. The van der Waals surface area contributed by atoms with E-state index in [1.165, 1.54) is 12.1 Å². The van der Waals surface area contributed by atoms with Crippen LogP contribution in [0, 0.1) is 0 Å². The summed E-state index contributed by atoms with van der Waals surface area (Å²) in [4.78, 5) is 4.50. The Labute approximate surface area is 190 Å². The Kier molecular flexibility index (Phi) is 5.95. The van der Waals surface area contributed by atoms with Crippen LogP contribution in [0.15, 0.2) is 67.0 Å². The molecular formula is C25H25F3N4O. The second-order valence-electron chi connectivity index (χ2n) is 8.27. The third kappa shape index (κ3) is 4.82. The van der Waals surface area contributed by atoms with E-state index in [0.29, 0.717) is 6.54 Å². The van der Waals surface area contributed by atoms with Crippen molar-refractivity contribution in [3.63, 3.8) is 0 Å². The minimum atomic E-state index is -4.32. The molecule has 2 aromatic carbocycles. The number of rotatable bonds is 5. The molecule has 0 spiro atoms. The second kappa shape index (κ2) is 9.03. The van der Waals surface area contributed by atoms with E-state index in [1.807, 2.05) is 29.2 Å². The highest BCUT2D eigenvalue weighted by atomic mass is 19.4. The van der Waals surface area contributed by atoms with Crippen molar-refractivity contribution in [3.8, 4) is 0 Å². The molecule has 0 N–H and O–H groups in total. The predicted octanol–water partition coefficient (Wildman–Crippen LogP) is 4.80. The van der Waals surface area contributed by atoms with Crippen LogP contribution in [0.3, 0.4) is 0 Å². The van der Waals surface area contributed by atoms with Gasteiger partial charge in [-0.1, -0.05) is 18.2 Å². The maximum absolute atomic E-state index is 12.8. The average Bonchev–Trinajstić information content (AvgIpc) is 3.25. The molecule has 3 heterocycles. The van der Waals surface area contributed by atoms with Gasteiger partial charge in [0.15, 0.2) is 0 Å². The molecule has 5 nitrogen and oxygen atoms in total. The molecule has 0 bridgehead atoms. The minimum Gasteiger partial charge on any atom is -0.379 e. The van der Waals surface area contributed by atoms with Gasteiger partial charge in [-0.3, -0.25) is 9.58 Å². The zero-order valence-electron chi connectivity index (χ0n) is 18.1.